The Kier molecular flexibility index (Phi) is 8.70. The molecule has 3 amide bonds. The van der Waals surface area contributed by atoms with Gasteiger partial charge < -0.3 is 15.4 Å². The quantitative estimate of drug-likeness (QED) is 0.260. The molecule has 0 aromatic heterocycles. The number of rotatable bonds is 8. The van der Waals surface area contributed by atoms with Gasteiger partial charge in [0, 0.05) is 17.1 Å². The van der Waals surface area contributed by atoms with Crippen LogP contribution in [0.25, 0.3) is 0 Å². The van der Waals surface area contributed by atoms with Crippen molar-refractivity contribution in [3.63, 3.8) is 0 Å². The van der Waals surface area contributed by atoms with E-state index in [1.54, 1.807) is 12.1 Å². The van der Waals surface area contributed by atoms with Crippen LogP contribution < -0.4 is 20.8 Å². The highest BCUT2D eigenvalue weighted by Crippen LogP contribution is 2.21. The van der Waals surface area contributed by atoms with E-state index in [1.807, 2.05) is 35.8 Å². The lowest BCUT2D eigenvalue weighted by molar-refractivity contribution is -0.136. The number of hydrogen-bond donors (Lipinski definition) is 3. The average molecular weight is 483 g/mol. The lowest BCUT2D eigenvalue weighted by atomic mass is 10.2. The maximum Gasteiger partial charge on any atom is 0.329 e. The number of hydrazone groups is 1. The summed E-state index contributed by atoms with van der Waals surface area (Å²) in [6.45, 7) is 0.103. The Hall–Kier alpha value is -4.24. The van der Waals surface area contributed by atoms with Crippen molar-refractivity contribution in [3.8, 4) is 5.75 Å². The number of para-hydroxylation sites is 1. The maximum absolute atomic E-state index is 13.6. The molecule has 0 aliphatic carbocycles. The van der Waals surface area contributed by atoms with E-state index in [9.17, 15) is 18.8 Å². The average Bonchev–Trinajstić information content (AvgIpc) is 2.84. The molecule has 8 nitrogen and oxygen atoms in total. The van der Waals surface area contributed by atoms with Crippen LogP contribution in [0.3, 0.4) is 0 Å². The number of ether oxygens (including phenoxy) is 1. The summed E-state index contributed by atoms with van der Waals surface area (Å²) in [5, 5.41) is 8.97. The zero-order valence-electron chi connectivity index (χ0n) is 17.8. The first kappa shape index (κ1) is 24.4. The summed E-state index contributed by atoms with van der Waals surface area (Å²) < 4.78 is 19.1. The van der Waals surface area contributed by atoms with E-state index < -0.39 is 17.6 Å². The summed E-state index contributed by atoms with van der Waals surface area (Å²) in [5.41, 5.74) is 3.21. The van der Waals surface area contributed by atoms with E-state index in [2.05, 4.69) is 15.7 Å². The van der Waals surface area contributed by atoms with Crippen molar-refractivity contribution in [2.75, 3.05) is 11.9 Å². The predicted molar refractivity (Wildman–Crippen MR) is 126 cm³/mol. The van der Waals surface area contributed by atoms with Gasteiger partial charge in [-0.25, -0.2) is 9.82 Å². The van der Waals surface area contributed by atoms with Crippen LogP contribution in [0.4, 0.5) is 10.1 Å². The fourth-order valence-corrected chi connectivity index (χ4v) is 2.88. The van der Waals surface area contributed by atoms with Crippen molar-refractivity contribution in [3.05, 3.63) is 94.8 Å². The van der Waals surface area contributed by atoms with E-state index in [-0.39, 0.29) is 24.0 Å². The zero-order valence-corrected chi connectivity index (χ0v) is 18.5. The van der Waals surface area contributed by atoms with Gasteiger partial charge in [0.25, 0.3) is 5.91 Å². The number of carbonyl (C=O) groups excluding carboxylic acids is 3. The molecule has 0 atom stereocenters. The van der Waals surface area contributed by atoms with Gasteiger partial charge in [-0.3, -0.25) is 14.4 Å². The minimum atomic E-state index is -1.11. The molecule has 0 spiro atoms. The molecule has 0 heterocycles. The Balaban J connectivity index is 1.54. The van der Waals surface area contributed by atoms with Crippen molar-refractivity contribution in [2.24, 2.45) is 5.10 Å². The summed E-state index contributed by atoms with van der Waals surface area (Å²) >= 11 is 6.01. The second kappa shape index (κ2) is 12.1. The molecule has 3 N–H and O–H groups in total. The van der Waals surface area contributed by atoms with Crippen LogP contribution in [0.1, 0.15) is 11.1 Å². The highest BCUT2D eigenvalue weighted by Gasteiger charge is 2.15. The molecule has 34 heavy (non-hydrogen) atoms. The summed E-state index contributed by atoms with van der Waals surface area (Å²) in [6.07, 6.45) is 1.21. The molecule has 0 bridgehead atoms. The molecule has 0 aliphatic rings. The lowest BCUT2D eigenvalue weighted by Crippen LogP contribution is -2.32. The lowest BCUT2D eigenvalue weighted by Gasteiger charge is -2.10. The van der Waals surface area contributed by atoms with Gasteiger partial charge in [0.2, 0.25) is 0 Å². The number of anilines is 1. The Labute approximate surface area is 199 Å². The summed E-state index contributed by atoms with van der Waals surface area (Å²) in [6, 6.07) is 19.5. The first-order valence-electron chi connectivity index (χ1n) is 10.0. The van der Waals surface area contributed by atoms with E-state index in [0.29, 0.717) is 17.1 Å². The third-order valence-corrected chi connectivity index (χ3v) is 4.60. The van der Waals surface area contributed by atoms with Crippen molar-refractivity contribution in [2.45, 2.75) is 6.54 Å². The first-order valence-corrected chi connectivity index (χ1v) is 10.4. The van der Waals surface area contributed by atoms with Crippen molar-refractivity contribution in [1.29, 1.82) is 0 Å². The molecule has 0 radical (unpaired) electrons. The maximum atomic E-state index is 13.6. The Bertz CT molecular complexity index is 1200. The molecule has 0 aliphatic heterocycles. The zero-order chi connectivity index (χ0) is 24.3. The number of halogens is 2. The fourth-order valence-electron chi connectivity index (χ4n) is 2.70. The Morgan fingerprint density at radius 1 is 0.971 bits per heavy atom. The topological polar surface area (TPSA) is 109 Å². The summed E-state index contributed by atoms with van der Waals surface area (Å²) in [5.74, 6) is -2.93. The van der Waals surface area contributed by atoms with Gasteiger partial charge in [0.05, 0.1) is 11.9 Å². The van der Waals surface area contributed by atoms with Crippen molar-refractivity contribution < 1.29 is 23.5 Å². The molecule has 0 fully saturated rings. The fraction of sp³-hybridized carbons (Fsp3) is 0.0833. The molecular formula is C24H20ClFN4O4. The standard InChI is InChI=1S/C24H20ClFN4O4/c25-18-10-11-21(34-15-22(31)27-13-16-6-2-1-3-7-16)17(12-18)14-28-30-24(33)23(32)29-20-9-5-4-8-19(20)26/h1-12,14H,13,15H2,(H,27,31)(H,29,32)(H,30,33)/b28-14-. The summed E-state index contributed by atoms with van der Waals surface area (Å²) in [7, 11) is 0. The van der Waals surface area contributed by atoms with Crippen LogP contribution in [-0.2, 0) is 20.9 Å². The SMILES string of the molecule is O=C(COc1ccc(Cl)cc1/C=N\NC(=O)C(=O)Nc1ccccc1F)NCc1ccccc1. The number of carbonyl (C=O) groups is 3. The van der Waals surface area contributed by atoms with Crippen LogP contribution in [0.15, 0.2) is 77.9 Å². The van der Waals surface area contributed by atoms with E-state index in [4.69, 9.17) is 16.3 Å². The van der Waals surface area contributed by atoms with E-state index >= 15 is 0 Å². The van der Waals surface area contributed by atoms with Crippen LogP contribution in [-0.4, -0.2) is 30.5 Å². The molecule has 3 aromatic carbocycles. The van der Waals surface area contributed by atoms with Gasteiger partial charge in [-0.05, 0) is 35.9 Å². The Morgan fingerprint density at radius 3 is 2.47 bits per heavy atom. The highest BCUT2D eigenvalue weighted by atomic mass is 35.5. The van der Waals surface area contributed by atoms with Crippen LogP contribution >= 0.6 is 11.6 Å². The minimum Gasteiger partial charge on any atom is -0.483 e. The number of nitrogens with zero attached hydrogens (tertiary/aromatic N) is 1. The Morgan fingerprint density at radius 2 is 1.71 bits per heavy atom. The van der Waals surface area contributed by atoms with Crippen LogP contribution in [0.5, 0.6) is 5.75 Å². The molecule has 0 saturated heterocycles. The van der Waals surface area contributed by atoms with Crippen molar-refractivity contribution >= 4 is 41.2 Å². The smallest absolute Gasteiger partial charge is 0.329 e. The predicted octanol–water partition coefficient (Wildman–Crippen LogP) is 3.26. The van der Waals surface area contributed by atoms with Crippen LogP contribution in [0, 0.1) is 5.82 Å². The largest absolute Gasteiger partial charge is 0.483 e. The van der Waals surface area contributed by atoms with Gasteiger partial charge >= 0.3 is 11.8 Å². The van der Waals surface area contributed by atoms with Gasteiger partial charge in [0.1, 0.15) is 11.6 Å². The van der Waals surface area contributed by atoms with Gasteiger partial charge in [0.15, 0.2) is 6.61 Å². The number of benzene rings is 3. The normalized spacial score (nSPS) is 10.5. The van der Waals surface area contributed by atoms with Gasteiger partial charge in [-0.15, -0.1) is 0 Å². The van der Waals surface area contributed by atoms with E-state index in [0.717, 1.165) is 11.6 Å². The van der Waals surface area contributed by atoms with Gasteiger partial charge in [-0.1, -0.05) is 54.1 Å². The number of nitrogens with one attached hydrogen (secondary N) is 3. The number of hydrogen-bond acceptors (Lipinski definition) is 5. The molecule has 174 valence electrons. The molecule has 0 saturated carbocycles. The molecule has 3 aromatic rings. The molecule has 3 rings (SSSR count). The third kappa shape index (κ3) is 7.42. The first-order chi connectivity index (χ1) is 16.4. The van der Waals surface area contributed by atoms with Crippen molar-refractivity contribution in [1.82, 2.24) is 10.7 Å². The molecule has 0 unspecified atom stereocenters. The third-order valence-electron chi connectivity index (χ3n) is 4.36. The second-order valence-electron chi connectivity index (χ2n) is 6.87. The minimum absolute atomic E-state index is 0.136. The van der Waals surface area contributed by atoms with Gasteiger partial charge in [-0.2, -0.15) is 5.10 Å². The highest BCUT2D eigenvalue weighted by molar-refractivity contribution is 6.39. The molecule has 10 heteroatoms. The molecular weight excluding hydrogens is 463 g/mol. The second-order valence-corrected chi connectivity index (χ2v) is 7.30. The monoisotopic (exact) mass is 482 g/mol. The number of amides is 3. The van der Waals surface area contributed by atoms with Crippen LogP contribution in [0.2, 0.25) is 5.02 Å². The van der Waals surface area contributed by atoms with E-state index in [1.165, 1.54) is 30.5 Å². The summed E-state index contributed by atoms with van der Waals surface area (Å²) in [4.78, 5) is 35.9.